The van der Waals surface area contributed by atoms with Gasteiger partial charge >= 0.3 is 5.97 Å². The van der Waals surface area contributed by atoms with E-state index >= 15 is 0 Å². The quantitative estimate of drug-likeness (QED) is 0.478. The predicted octanol–water partition coefficient (Wildman–Crippen LogP) is 5.93. The summed E-state index contributed by atoms with van der Waals surface area (Å²) in [7, 11) is 0. The second-order valence-corrected chi connectivity index (χ2v) is 6.16. The van der Waals surface area contributed by atoms with Gasteiger partial charge in [0.15, 0.2) is 5.29 Å². The Morgan fingerprint density at radius 3 is 2.81 bits per heavy atom. The molecule has 1 aromatic heterocycles. The van der Waals surface area contributed by atoms with Crippen LogP contribution in [0.4, 0.5) is 4.39 Å². The molecule has 1 aromatic carbocycles. The summed E-state index contributed by atoms with van der Waals surface area (Å²) in [6.45, 7) is 0.279. The average Bonchev–Trinajstić information content (AvgIpc) is 2.80. The van der Waals surface area contributed by atoms with Crippen molar-refractivity contribution >= 4 is 50.6 Å². The maximum atomic E-state index is 12.2. The first-order valence-electron chi connectivity index (χ1n) is 6.45. The number of rotatable bonds is 6. The Labute approximate surface area is 136 Å². The molecule has 2 aromatic rings. The highest BCUT2D eigenvalue weighted by Crippen LogP contribution is 2.35. The first-order valence-corrected chi connectivity index (χ1v) is 8.02. The second kappa shape index (κ2) is 7.78. The molecule has 0 unspecified atom stereocenters. The zero-order valence-electron chi connectivity index (χ0n) is 11.1. The summed E-state index contributed by atoms with van der Waals surface area (Å²) in [5.41, 5.74) is 0. The monoisotopic (exact) mass is 346 g/mol. The number of thiophene rings is 1. The highest BCUT2D eigenvalue weighted by molar-refractivity contribution is 7.21. The summed E-state index contributed by atoms with van der Waals surface area (Å²) in [4.78, 5) is 12.4. The fourth-order valence-corrected chi connectivity index (χ4v) is 3.34. The molecule has 0 amide bonds. The van der Waals surface area contributed by atoms with Crippen molar-refractivity contribution < 1.29 is 13.9 Å². The van der Waals surface area contributed by atoms with Gasteiger partial charge in [-0.2, -0.15) is 4.39 Å². The van der Waals surface area contributed by atoms with Crippen molar-refractivity contribution in [3.8, 4) is 0 Å². The number of hydrogen-bond acceptors (Lipinski definition) is 3. The lowest BCUT2D eigenvalue weighted by Crippen LogP contribution is -2.04. The Morgan fingerprint density at radius 1 is 1.33 bits per heavy atom. The number of unbranched alkanes of at least 4 members (excludes halogenated alkanes) is 2. The molecule has 0 spiro atoms. The van der Waals surface area contributed by atoms with Crippen LogP contribution in [0.3, 0.4) is 0 Å². The topological polar surface area (TPSA) is 26.3 Å². The van der Waals surface area contributed by atoms with Crippen LogP contribution >= 0.6 is 34.5 Å². The van der Waals surface area contributed by atoms with E-state index in [0.717, 1.165) is 10.1 Å². The SMILES string of the molecule is O=C(OCCCC/C=C(/F)Cl)c1sc2ccccc2c1Cl. The standard InChI is InChI=1S/C15H13Cl2FO2S/c16-12(18)8-2-1-5-9-20-15(19)14-13(17)10-6-3-4-7-11(10)21-14/h3-4,6-8H,1-2,5,9H2/b12-8+. The molecule has 1 heterocycles. The van der Waals surface area contributed by atoms with Crippen molar-refractivity contribution in [2.75, 3.05) is 6.61 Å². The third-order valence-electron chi connectivity index (χ3n) is 2.85. The van der Waals surface area contributed by atoms with Gasteiger partial charge in [-0.05, 0) is 31.4 Å². The lowest BCUT2D eigenvalue weighted by Gasteiger charge is -2.02. The molecule has 0 aliphatic rings. The predicted molar refractivity (Wildman–Crippen MR) is 86.0 cm³/mol. The number of hydrogen-bond donors (Lipinski definition) is 0. The van der Waals surface area contributed by atoms with Gasteiger partial charge in [-0.25, -0.2) is 4.79 Å². The molecular weight excluding hydrogens is 334 g/mol. The van der Waals surface area contributed by atoms with Gasteiger partial charge < -0.3 is 4.74 Å². The van der Waals surface area contributed by atoms with Crippen LogP contribution in [-0.2, 0) is 4.74 Å². The van der Waals surface area contributed by atoms with Crippen LogP contribution < -0.4 is 0 Å². The highest BCUT2D eigenvalue weighted by Gasteiger charge is 2.17. The Hall–Kier alpha value is -1.10. The first kappa shape index (κ1) is 16.3. The second-order valence-electron chi connectivity index (χ2n) is 4.37. The number of carbonyl (C=O) groups excluding carboxylic acids is 1. The van der Waals surface area contributed by atoms with Gasteiger partial charge in [-0.15, -0.1) is 11.3 Å². The molecule has 2 rings (SSSR count). The maximum absolute atomic E-state index is 12.2. The number of carbonyl (C=O) groups is 1. The minimum atomic E-state index is -0.705. The van der Waals surface area contributed by atoms with Gasteiger partial charge in [0.1, 0.15) is 4.88 Å². The van der Waals surface area contributed by atoms with Crippen LogP contribution in [0.5, 0.6) is 0 Å². The number of halogens is 3. The van der Waals surface area contributed by atoms with Crippen LogP contribution in [0.1, 0.15) is 28.9 Å². The van der Waals surface area contributed by atoms with Gasteiger partial charge in [0, 0.05) is 10.1 Å². The van der Waals surface area contributed by atoms with Gasteiger partial charge in [0.25, 0.3) is 0 Å². The molecule has 0 saturated heterocycles. The molecule has 21 heavy (non-hydrogen) atoms. The van der Waals surface area contributed by atoms with Gasteiger partial charge in [-0.3, -0.25) is 0 Å². The van der Waals surface area contributed by atoms with Gasteiger partial charge in [0.2, 0.25) is 0 Å². The largest absolute Gasteiger partial charge is 0.461 e. The van der Waals surface area contributed by atoms with E-state index in [1.807, 2.05) is 24.3 Å². The summed E-state index contributed by atoms with van der Waals surface area (Å²) >= 11 is 12.6. The lowest BCUT2D eigenvalue weighted by molar-refractivity contribution is 0.0504. The normalized spacial score (nSPS) is 11.9. The average molecular weight is 347 g/mol. The van der Waals surface area contributed by atoms with E-state index in [9.17, 15) is 9.18 Å². The summed E-state index contributed by atoms with van der Waals surface area (Å²) in [5.74, 6) is -0.416. The van der Waals surface area contributed by atoms with Crippen molar-refractivity contribution in [2.45, 2.75) is 19.3 Å². The van der Waals surface area contributed by atoms with Gasteiger partial charge in [0.05, 0.1) is 11.6 Å². The maximum Gasteiger partial charge on any atom is 0.349 e. The summed E-state index contributed by atoms with van der Waals surface area (Å²) in [6, 6.07) is 7.56. The zero-order valence-corrected chi connectivity index (χ0v) is 13.4. The Kier molecular flexibility index (Phi) is 6.03. The molecule has 0 bridgehead atoms. The van der Waals surface area contributed by atoms with E-state index in [1.54, 1.807) is 0 Å². The fourth-order valence-electron chi connectivity index (χ4n) is 1.83. The minimum absolute atomic E-state index is 0.279. The molecule has 2 nitrogen and oxygen atoms in total. The first-order chi connectivity index (χ1) is 10.1. The zero-order chi connectivity index (χ0) is 15.2. The van der Waals surface area contributed by atoms with Crippen molar-refractivity contribution in [3.05, 3.63) is 45.5 Å². The van der Waals surface area contributed by atoms with Crippen LogP contribution in [-0.4, -0.2) is 12.6 Å². The van der Waals surface area contributed by atoms with E-state index in [1.165, 1.54) is 17.4 Å². The lowest BCUT2D eigenvalue weighted by atomic mass is 10.2. The van der Waals surface area contributed by atoms with E-state index in [-0.39, 0.29) is 6.61 Å². The summed E-state index contributed by atoms with van der Waals surface area (Å²) in [6.07, 6.45) is 3.17. The van der Waals surface area contributed by atoms with E-state index in [2.05, 4.69) is 0 Å². The molecule has 0 atom stereocenters. The molecule has 6 heteroatoms. The van der Waals surface area contributed by atoms with Crippen LogP contribution in [0.25, 0.3) is 10.1 Å². The van der Waals surface area contributed by atoms with E-state index < -0.39 is 11.3 Å². The number of allylic oxidation sites excluding steroid dienone is 1. The summed E-state index contributed by atoms with van der Waals surface area (Å²) < 4.78 is 18.4. The number of benzene rings is 1. The smallest absolute Gasteiger partial charge is 0.349 e. The van der Waals surface area contributed by atoms with Crippen LogP contribution in [0, 0.1) is 0 Å². The third-order valence-corrected chi connectivity index (χ3v) is 4.66. The van der Waals surface area contributed by atoms with Crippen molar-refractivity contribution in [2.24, 2.45) is 0 Å². The van der Waals surface area contributed by atoms with Crippen LogP contribution in [0.15, 0.2) is 35.6 Å². The fraction of sp³-hybridized carbons (Fsp3) is 0.267. The molecule has 0 saturated carbocycles. The van der Waals surface area contributed by atoms with E-state index in [0.29, 0.717) is 29.2 Å². The Balaban J connectivity index is 1.88. The molecule has 0 aliphatic heterocycles. The third kappa shape index (κ3) is 4.43. The number of esters is 1. The Bertz CT molecular complexity index is 663. The van der Waals surface area contributed by atoms with Crippen LogP contribution in [0.2, 0.25) is 5.02 Å². The number of ether oxygens (including phenoxy) is 1. The van der Waals surface area contributed by atoms with Crippen molar-refractivity contribution in [1.29, 1.82) is 0 Å². The molecule has 112 valence electrons. The van der Waals surface area contributed by atoms with Crippen molar-refractivity contribution in [3.63, 3.8) is 0 Å². The minimum Gasteiger partial charge on any atom is -0.461 e. The molecule has 0 fully saturated rings. The molecule has 0 aliphatic carbocycles. The molecule has 0 radical (unpaired) electrons. The summed E-state index contributed by atoms with van der Waals surface area (Å²) in [5, 5.41) is 0.593. The van der Waals surface area contributed by atoms with E-state index in [4.69, 9.17) is 27.9 Å². The van der Waals surface area contributed by atoms with Gasteiger partial charge in [-0.1, -0.05) is 41.4 Å². The molecule has 0 N–H and O–H groups in total. The Morgan fingerprint density at radius 2 is 2.10 bits per heavy atom. The number of fused-ring (bicyclic) bond motifs is 1. The molecular formula is C15H13Cl2FO2S. The highest BCUT2D eigenvalue weighted by atomic mass is 35.5. The van der Waals surface area contributed by atoms with Crippen molar-refractivity contribution in [1.82, 2.24) is 0 Å².